The van der Waals surface area contributed by atoms with Crippen molar-refractivity contribution in [2.24, 2.45) is 11.3 Å². The Labute approximate surface area is 113 Å². The Balaban J connectivity index is 2.11. The highest BCUT2D eigenvalue weighted by molar-refractivity contribution is 6.73. The fraction of sp³-hybridized carbons (Fsp3) is 0.867. The van der Waals surface area contributed by atoms with E-state index in [-0.39, 0.29) is 11.5 Å². The summed E-state index contributed by atoms with van der Waals surface area (Å²) >= 11 is 0. The molecular formula is C15H28O2Si. The minimum absolute atomic E-state index is 0.277. The van der Waals surface area contributed by atoms with Crippen molar-refractivity contribution in [3.05, 3.63) is 11.8 Å². The lowest BCUT2D eigenvalue weighted by Crippen LogP contribution is -2.36. The number of rotatable bonds is 5. The van der Waals surface area contributed by atoms with Crippen LogP contribution in [-0.4, -0.2) is 20.5 Å². The molecule has 0 radical (unpaired) electrons. The molecule has 0 saturated carbocycles. The SMILES string of the molecule is CC[Si](CC)(CC)OC1=C[C@@H](C(C)(C)C)[C@@H]2O[C@H]12. The summed E-state index contributed by atoms with van der Waals surface area (Å²) in [4.78, 5) is 0. The Bertz CT molecular complexity index is 331. The fourth-order valence-electron chi connectivity index (χ4n) is 3.04. The summed E-state index contributed by atoms with van der Waals surface area (Å²) in [6.07, 6.45) is 3.05. The lowest BCUT2D eigenvalue weighted by atomic mass is 9.80. The van der Waals surface area contributed by atoms with E-state index in [4.69, 9.17) is 9.16 Å². The highest BCUT2D eigenvalue weighted by Gasteiger charge is 2.56. The van der Waals surface area contributed by atoms with Gasteiger partial charge in [-0.25, -0.2) is 0 Å². The van der Waals surface area contributed by atoms with Crippen LogP contribution in [0.3, 0.4) is 0 Å². The van der Waals surface area contributed by atoms with Crippen LogP contribution >= 0.6 is 0 Å². The molecule has 2 rings (SSSR count). The second-order valence-electron chi connectivity index (χ2n) is 6.83. The summed E-state index contributed by atoms with van der Waals surface area (Å²) in [5.74, 6) is 1.69. The van der Waals surface area contributed by atoms with Crippen molar-refractivity contribution in [3.63, 3.8) is 0 Å². The molecule has 2 nitrogen and oxygen atoms in total. The molecule has 18 heavy (non-hydrogen) atoms. The average Bonchev–Trinajstić information content (AvgIpc) is 3.02. The van der Waals surface area contributed by atoms with Crippen LogP contribution in [0.25, 0.3) is 0 Å². The Hall–Kier alpha value is -0.283. The van der Waals surface area contributed by atoms with Crippen LogP contribution < -0.4 is 0 Å². The third-order valence-electron chi connectivity index (χ3n) is 4.77. The van der Waals surface area contributed by atoms with Gasteiger partial charge in [-0.05, 0) is 29.6 Å². The van der Waals surface area contributed by atoms with E-state index >= 15 is 0 Å². The van der Waals surface area contributed by atoms with E-state index in [9.17, 15) is 0 Å². The van der Waals surface area contributed by atoms with Gasteiger partial charge in [0.05, 0.1) is 6.10 Å². The number of epoxide rings is 1. The third-order valence-corrected chi connectivity index (χ3v) is 9.31. The number of fused-ring (bicyclic) bond motifs is 1. The molecule has 0 amide bonds. The molecule has 1 heterocycles. The van der Waals surface area contributed by atoms with E-state index in [1.54, 1.807) is 0 Å². The fourth-order valence-corrected chi connectivity index (χ4v) is 5.66. The summed E-state index contributed by atoms with van der Waals surface area (Å²) in [5, 5.41) is 0. The Morgan fingerprint density at radius 2 is 1.72 bits per heavy atom. The minimum Gasteiger partial charge on any atom is -0.545 e. The molecule has 3 heteroatoms. The summed E-state index contributed by atoms with van der Waals surface area (Å²) < 4.78 is 12.3. The molecule has 1 fully saturated rings. The lowest BCUT2D eigenvalue weighted by Gasteiger charge is -2.30. The van der Waals surface area contributed by atoms with Crippen molar-refractivity contribution in [1.82, 2.24) is 0 Å². The maximum Gasteiger partial charge on any atom is 0.250 e. The van der Waals surface area contributed by atoms with Gasteiger partial charge in [0, 0.05) is 5.92 Å². The monoisotopic (exact) mass is 268 g/mol. The van der Waals surface area contributed by atoms with E-state index in [1.807, 2.05) is 0 Å². The Morgan fingerprint density at radius 3 is 2.11 bits per heavy atom. The molecule has 3 atom stereocenters. The molecule has 0 unspecified atom stereocenters. The Kier molecular flexibility index (Phi) is 3.67. The second-order valence-corrected chi connectivity index (χ2v) is 11.5. The maximum atomic E-state index is 6.50. The van der Waals surface area contributed by atoms with E-state index in [0.29, 0.717) is 12.0 Å². The first-order valence-electron chi connectivity index (χ1n) is 7.43. The first-order chi connectivity index (χ1) is 8.37. The van der Waals surface area contributed by atoms with E-state index in [2.05, 4.69) is 47.6 Å². The van der Waals surface area contributed by atoms with Gasteiger partial charge in [0.2, 0.25) is 8.32 Å². The van der Waals surface area contributed by atoms with Crippen molar-refractivity contribution >= 4 is 8.32 Å². The highest BCUT2D eigenvalue weighted by atomic mass is 28.4. The minimum atomic E-state index is -1.53. The first-order valence-corrected chi connectivity index (χ1v) is 9.96. The molecule has 0 spiro atoms. The predicted octanol–water partition coefficient (Wildman–Crippen LogP) is 4.34. The van der Waals surface area contributed by atoms with E-state index in [1.165, 1.54) is 18.1 Å². The standard InChI is InChI=1S/C15H28O2Si/c1-7-18(8-2,9-3)17-12-10-11(15(4,5)6)13-14(12)16-13/h10-11,13-14H,7-9H2,1-6H3/t11-,13+,14-/m1/s1. The van der Waals surface area contributed by atoms with Crippen molar-refractivity contribution in [2.45, 2.75) is 71.9 Å². The predicted molar refractivity (Wildman–Crippen MR) is 78.0 cm³/mol. The number of hydrogen-bond donors (Lipinski definition) is 0. The van der Waals surface area contributed by atoms with Gasteiger partial charge in [0.15, 0.2) is 0 Å². The molecule has 0 aromatic heterocycles. The number of ether oxygens (including phenoxy) is 1. The lowest BCUT2D eigenvalue weighted by molar-refractivity contribution is 0.210. The smallest absolute Gasteiger partial charge is 0.250 e. The molecule has 1 aliphatic carbocycles. The zero-order chi connectivity index (χ0) is 13.6. The van der Waals surface area contributed by atoms with Crippen LogP contribution in [0.2, 0.25) is 18.1 Å². The van der Waals surface area contributed by atoms with Gasteiger partial charge in [-0.15, -0.1) is 0 Å². The molecule has 2 aliphatic rings. The second kappa shape index (κ2) is 4.68. The third kappa shape index (κ3) is 2.39. The summed E-state index contributed by atoms with van der Waals surface area (Å²) in [7, 11) is -1.53. The van der Waals surface area contributed by atoms with Gasteiger partial charge in [-0.2, -0.15) is 0 Å². The van der Waals surface area contributed by atoms with Crippen LogP contribution in [0.4, 0.5) is 0 Å². The normalized spacial score (nSPS) is 31.0. The largest absolute Gasteiger partial charge is 0.545 e. The maximum absolute atomic E-state index is 6.50. The van der Waals surface area contributed by atoms with Crippen LogP contribution in [0, 0.1) is 11.3 Å². The summed E-state index contributed by atoms with van der Waals surface area (Å²) in [6, 6.07) is 3.61. The molecule has 0 aromatic rings. The topological polar surface area (TPSA) is 21.8 Å². The molecule has 104 valence electrons. The first kappa shape index (κ1) is 14.1. The van der Waals surface area contributed by atoms with E-state index in [0.717, 1.165) is 5.76 Å². The molecule has 1 aliphatic heterocycles. The van der Waals surface area contributed by atoms with Gasteiger partial charge >= 0.3 is 0 Å². The van der Waals surface area contributed by atoms with Gasteiger partial charge in [-0.1, -0.05) is 41.5 Å². The van der Waals surface area contributed by atoms with Gasteiger partial charge < -0.3 is 9.16 Å². The molecule has 1 saturated heterocycles. The van der Waals surface area contributed by atoms with Gasteiger partial charge in [-0.3, -0.25) is 0 Å². The van der Waals surface area contributed by atoms with Crippen molar-refractivity contribution in [2.75, 3.05) is 0 Å². The van der Waals surface area contributed by atoms with Crippen molar-refractivity contribution < 1.29 is 9.16 Å². The zero-order valence-corrected chi connectivity index (χ0v) is 13.7. The van der Waals surface area contributed by atoms with Crippen LogP contribution in [-0.2, 0) is 9.16 Å². The van der Waals surface area contributed by atoms with Crippen molar-refractivity contribution in [3.8, 4) is 0 Å². The summed E-state index contributed by atoms with van der Waals surface area (Å²) in [6.45, 7) is 13.7. The van der Waals surface area contributed by atoms with Gasteiger partial charge in [0.1, 0.15) is 11.9 Å². The van der Waals surface area contributed by atoms with Crippen molar-refractivity contribution in [1.29, 1.82) is 0 Å². The molecular weight excluding hydrogens is 240 g/mol. The highest BCUT2D eigenvalue weighted by Crippen LogP contribution is 2.50. The molecule has 0 aromatic carbocycles. The summed E-state index contributed by atoms with van der Waals surface area (Å²) in [5.41, 5.74) is 0.277. The van der Waals surface area contributed by atoms with Crippen LogP contribution in [0.15, 0.2) is 11.8 Å². The Morgan fingerprint density at radius 1 is 1.17 bits per heavy atom. The quantitative estimate of drug-likeness (QED) is 0.546. The number of hydrogen-bond acceptors (Lipinski definition) is 2. The molecule has 0 bridgehead atoms. The van der Waals surface area contributed by atoms with Crippen LogP contribution in [0.1, 0.15) is 41.5 Å². The van der Waals surface area contributed by atoms with E-state index < -0.39 is 8.32 Å². The molecule has 0 N–H and O–H groups in total. The van der Waals surface area contributed by atoms with Gasteiger partial charge in [0.25, 0.3) is 0 Å². The zero-order valence-electron chi connectivity index (χ0n) is 12.7. The average molecular weight is 268 g/mol. The van der Waals surface area contributed by atoms with Crippen LogP contribution in [0.5, 0.6) is 0 Å².